The zero-order chi connectivity index (χ0) is 29.5. The lowest BCUT2D eigenvalue weighted by molar-refractivity contribution is -0.133. The molecule has 1 heterocycles. The summed E-state index contributed by atoms with van der Waals surface area (Å²) in [6.45, 7) is 8.07. The summed E-state index contributed by atoms with van der Waals surface area (Å²) in [6.07, 6.45) is -2.29. The summed E-state index contributed by atoms with van der Waals surface area (Å²) in [5, 5.41) is 12.7. The lowest BCUT2D eigenvalue weighted by Crippen LogP contribution is -2.50. The van der Waals surface area contributed by atoms with Crippen molar-refractivity contribution in [3.05, 3.63) is 64.2 Å². The van der Waals surface area contributed by atoms with Crippen LogP contribution in [0.25, 0.3) is 0 Å². The number of phenols is 1. The van der Waals surface area contributed by atoms with Crippen LogP contribution in [0.5, 0.6) is 5.75 Å². The zero-order valence-corrected chi connectivity index (χ0v) is 23.9. The number of aromatic hydroxyl groups is 1. The highest BCUT2D eigenvalue weighted by Crippen LogP contribution is 2.49. The minimum Gasteiger partial charge on any atom is -0.508 e. The first-order chi connectivity index (χ1) is 18.6. The number of rotatable bonds is 6. The van der Waals surface area contributed by atoms with Gasteiger partial charge < -0.3 is 15.3 Å². The number of carbonyl (C=O) groups is 2. The summed E-state index contributed by atoms with van der Waals surface area (Å²) in [7, 11) is 0. The smallest absolute Gasteiger partial charge is 0.390 e. The van der Waals surface area contributed by atoms with Crippen LogP contribution in [0.15, 0.2) is 47.5 Å². The van der Waals surface area contributed by atoms with Crippen molar-refractivity contribution in [1.29, 1.82) is 0 Å². The van der Waals surface area contributed by atoms with Gasteiger partial charge in [-0.1, -0.05) is 44.5 Å². The highest BCUT2D eigenvalue weighted by atomic mass is 35.5. The molecule has 2 N–H and O–H groups in total. The van der Waals surface area contributed by atoms with E-state index < -0.39 is 36.8 Å². The highest BCUT2D eigenvalue weighted by molar-refractivity contribution is 6.47. The SMILES string of the molecule is C[C@@H](c1ccc(C(=O)NCCC(F)(F)F)cc1)N1C(=O)C(c2cc(O)cc(Cl)c2)=NC12CCC(C(C)(C)C)CC2. The summed E-state index contributed by atoms with van der Waals surface area (Å²) in [6, 6.07) is 10.6. The number of benzene rings is 2. The van der Waals surface area contributed by atoms with Crippen molar-refractivity contribution in [2.75, 3.05) is 6.54 Å². The summed E-state index contributed by atoms with van der Waals surface area (Å²) >= 11 is 6.18. The van der Waals surface area contributed by atoms with Gasteiger partial charge in [0, 0.05) is 22.7 Å². The average Bonchev–Trinajstić information content (AvgIpc) is 3.13. The van der Waals surface area contributed by atoms with E-state index in [0.717, 1.165) is 18.4 Å². The van der Waals surface area contributed by atoms with E-state index in [1.165, 1.54) is 12.1 Å². The Hall–Kier alpha value is -3.07. The fraction of sp³-hybridized carbons (Fsp3) is 0.500. The van der Waals surface area contributed by atoms with E-state index in [0.29, 0.717) is 29.3 Å². The number of hydrogen-bond donors (Lipinski definition) is 2. The Labute approximate surface area is 237 Å². The van der Waals surface area contributed by atoms with Crippen molar-refractivity contribution in [1.82, 2.24) is 10.2 Å². The molecule has 1 spiro atoms. The van der Waals surface area contributed by atoms with E-state index >= 15 is 0 Å². The van der Waals surface area contributed by atoms with Gasteiger partial charge in [-0.25, -0.2) is 0 Å². The lowest BCUT2D eigenvalue weighted by atomic mass is 9.69. The van der Waals surface area contributed by atoms with Crippen LogP contribution < -0.4 is 5.32 Å². The molecule has 0 aromatic heterocycles. The van der Waals surface area contributed by atoms with E-state index in [9.17, 15) is 27.9 Å². The van der Waals surface area contributed by atoms with Crippen molar-refractivity contribution in [2.45, 2.75) is 77.7 Å². The van der Waals surface area contributed by atoms with Crippen molar-refractivity contribution < 1.29 is 27.9 Å². The Morgan fingerprint density at radius 2 is 1.77 bits per heavy atom. The Morgan fingerprint density at radius 1 is 1.15 bits per heavy atom. The van der Waals surface area contributed by atoms with Crippen molar-refractivity contribution in [2.24, 2.45) is 16.3 Å². The Kier molecular flexibility index (Phi) is 8.28. The molecule has 216 valence electrons. The van der Waals surface area contributed by atoms with Gasteiger partial charge in [0.25, 0.3) is 11.8 Å². The van der Waals surface area contributed by atoms with Gasteiger partial charge in [0.05, 0.1) is 12.5 Å². The first-order valence-corrected chi connectivity index (χ1v) is 13.9. The minimum atomic E-state index is -4.35. The Bertz CT molecular complexity index is 1270. The van der Waals surface area contributed by atoms with Crippen LogP contribution >= 0.6 is 11.6 Å². The molecule has 0 unspecified atom stereocenters. The fourth-order valence-corrected chi connectivity index (χ4v) is 6.06. The second-order valence-electron chi connectivity index (χ2n) is 11.9. The van der Waals surface area contributed by atoms with Crippen molar-refractivity contribution in [3.8, 4) is 5.75 Å². The van der Waals surface area contributed by atoms with Gasteiger partial charge in [0.2, 0.25) is 0 Å². The molecule has 40 heavy (non-hydrogen) atoms. The predicted octanol–water partition coefficient (Wildman–Crippen LogP) is 7.05. The van der Waals surface area contributed by atoms with Gasteiger partial charge in [0.15, 0.2) is 0 Å². The standard InChI is InChI=1S/C30H35ClF3N3O3/c1-18(19-5-7-20(8-6-19)26(39)35-14-13-30(32,33)34)37-27(40)25(21-15-23(31)17-24(38)16-21)36-29(37)11-9-22(10-12-29)28(2,3)4/h5-8,15-18,22,38H,9-14H2,1-4H3,(H,35,39)/t18-,22?,29?/m0/s1. The lowest BCUT2D eigenvalue weighted by Gasteiger charge is -2.46. The molecule has 2 aliphatic rings. The maximum absolute atomic E-state index is 14.0. The fourth-order valence-electron chi connectivity index (χ4n) is 5.83. The van der Waals surface area contributed by atoms with Crippen LogP contribution in [0.2, 0.25) is 5.02 Å². The number of hydrogen-bond acceptors (Lipinski definition) is 4. The first kappa shape index (κ1) is 29.9. The molecular formula is C30H35ClF3N3O3. The second kappa shape index (κ2) is 11.1. The molecular weight excluding hydrogens is 543 g/mol. The summed E-state index contributed by atoms with van der Waals surface area (Å²) in [4.78, 5) is 33.1. The van der Waals surface area contributed by atoms with E-state index in [-0.39, 0.29) is 28.3 Å². The molecule has 0 radical (unpaired) electrons. The van der Waals surface area contributed by atoms with E-state index in [1.54, 1.807) is 35.2 Å². The number of amides is 2. The molecule has 1 fully saturated rings. The molecule has 0 saturated heterocycles. The quantitative estimate of drug-likeness (QED) is 0.386. The molecule has 0 bridgehead atoms. The van der Waals surface area contributed by atoms with Crippen LogP contribution in [-0.4, -0.2) is 45.9 Å². The van der Waals surface area contributed by atoms with Crippen LogP contribution in [-0.2, 0) is 4.79 Å². The Morgan fingerprint density at radius 3 is 2.33 bits per heavy atom. The molecule has 1 aliphatic heterocycles. The average molecular weight is 578 g/mol. The maximum Gasteiger partial charge on any atom is 0.390 e. The van der Waals surface area contributed by atoms with Crippen LogP contribution in [0.1, 0.15) is 87.3 Å². The van der Waals surface area contributed by atoms with Gasteiger partial charge in [-0.3, -0.25) is 14.6 Å². The number of halogens is 4. The Balaban J connectivity index is 1.61. The predicted molar refractivity (Wildman–Crippen MR) is 149 cm³/mol. The number of carbonyl (C=O) groups excluding carboxylic acids is 2. The number of nitrogens with one attached hydrogen (secondary N) is 1. The van der Waals surface area contributed by atoms with Crippen LogP contribution in [0.3, 0.4) is 0 Å². The van der Waals surface area contributed by atoms with Gasteiger partial charge >= 0.3 is 6.18 Å². The molecule has 1 aliphatic carbocycles. The molecule has 1 saturated carbocycles. The molecule has 2 amide bonds. The third-order valence-corrected chi connectivity index (χ3v) is 8.31. The number of phenolic OH excluding ortho intramolecular Hbond substituents is 1. The molecule has 6 nitrogen and oxygen atoms in total. The number of alkyl halides is 3. The number of aliphatic imine (C=N–C) groups is 1. The minimum absolute atomic E-state index is 0.0564. The largest absolute Gasteiger partial charge is 0.508 e. The highest BCUT2D eigenvalue weighted by Gasteiger charge is 2.52. The topological polar surface area (TPSA) is 82.0 Å². The van der Waals surface area contributed by atoms with Gasteiger partial charge in [0.1, 0.15) is 17.1 Å². The van der Waals surface area contributed by atoms with Gasteiger partial charge in [-0.2, -0.15) is 13.2 Å². The van der Waals surface area contributed by atoms with Crippen LogP contribution in [0.4, 0.5) is 13.2 Å². The number of nitrogens with zero attached hydrogens (tertiary/aromatic N) is 2. The van der Waals surface area contributed by atoms with Gasteiger partial charge in [-0.15, -0.1) is 0 Å². The van der Waals surface area contributed by atoms with E-state index in [1.807, 2.05) is 6.92 Å². The van der Waals surface area contributed by atoms with E-state index in [2.05, 4.69) is 26.1 Å². The zero-order valence-electron chi connectivity index (χ0n) is 23.1. The summed E-state index contributed by atoms with van der Waals surface area (Å²) in [5.41, 5.74) is 1.06. The van der Waals surface area contributed by atoms with Crippen molar-refractivity contribution >= 4 is 29.1 Å². The molecule has 2 aromatic rings. The third kappa shape index (κ3) is 6.45. The van der Waals surface area contributed by atoms with Gasteiger partial charge in [-0.05, 0) is 79.8 Å². The molecule has 2 aromatic carbocycles. The molecule has 4 rings (SSSR count). The van der Waals surface area contributed by atoms with E-state index in [4.69, 9.17) is 16.6 Å². The van der Waals surface area contributed by atoms with Crippen molar-refractivity contribution in [3.63, 3.8) is 0 Å². The molecule has 1 atom stereocenters. The first-order valence-electron chi connectivity index (χ1n) is 13.5. The maximum atomic E-state index is 14.0. The summed E-state index contributed by atoms with van der Waals surface area (Å²) in [5.74, 6) is -0.435. The monoisotopic (exact) mass is 577 g/mol. The normalized spacial score (nSPS) is 22.4. The molecule has 10 heteroatoms. The van der Waals surface area contributed by atoms with Crippen LogP contribution in [0, 0.1) is 11.3 Å². The second-order valence-corrected chi connectivity index (χ2v) is 12.3. The third-order valence-electron chi connectivity index (χ3n) is 8.09. The summed E-state index contributed by atoms with van der Waals surface area (Å²) < 4.78 is 37.3.